The number of esters is 1. The van der Waals surface area contributed by atoms with Gasteiger partial charge in [-0.2, -0.15) is 0 Å². The van der Waals surface area contributed by atoms with Crippen molar-refractivity contribution in [2.24, 2.45) is 0 Å². The van der Waals surface area contributed by atoms with Gasteiger partial charge in [0, 0.05) is 5.57 Å². The maximum Gasteiger partial charge on any atom is 0.333 e. The van der Waals surface area contributed by atoms with Crippen molar-refractivity contribution in [2.75, 3.05) is 19.7 Å². The van der Waals surface area contributed by atoms with E-state index in [4.69, 9.17) is 4.74 Å². The summed E-state index contributed by atoms with van der Waals surface area (Å²) in [5.74, 6) is -0.462. The van der Waals surface area contributed by atoms with E-state index < -0.39 is 12.2 Å². The summed E-state index contributed by atoms with van der Waals surface area (Å²) in [6.45, 7) is 10.3. The highest BCUT2D eigenvalue weighted by Gasteiger charge is 2.14. The van der Waals surface area contributed by atoms with E-state index in [2.05, 4.69) is 6.58 Å². The van der Waals surface area contributed by atoms with Crippen LogP contribution in [-0.2, 0) is 9.53 Å². The van der Waals surface area contributed by atoms with Gasteiger partial charge >= 0.3 is 5.97 Å². The second kappa shape index (κ2) is 6.56. The highest BCUT2D eigenvalue weighted by Crippen LogP contribution is 1.98. The Hall–Kier alpha value is -0.870. The molecule has 0 rings (SSSR count). The van der Waals surface area contributed by atoms with Gasteiger partial charge in [0.1, 0.15) is 12.8 Å². The lowest BCUT2D eigenvalue weighted by Gasteiger charge is -2.24. The van der Waals surface area contributed by atoms with Crippen LogP contribution in [0.3, 0.4) is 0 Å². The van der Waals surface area contributed by atoms with Crippen LogP contribution in [0.25, 0.3) is 0 Å². The monoisotopic (exact) mass is 201 g/mol. The molecular formula is C10H19NO3. The maximum absolute atomic E-state index is 11.0. The smallest absolute Gasteiger partial charge is 0.333 e. The molecule has 0 aromatic rings. The van der Waals surface area contributed by atoms with Crippen molar-refractivity contribution < 1.29 is 14.6 Å². The van der Waals surface area contributed by atoms with Gasteiger partial charge in [0.2, 0.25) is 0 Å². The van der Waals surface area contributed by atoms with Gasteiger partial charge in [-0.3, -0.25) is 4.90 Å². The zero-order valence-electron chi connectivity index (χ0n) is 9.12. The Morgan fingerprint density at radius 3 is 2.36 bits per heavy atom. The van der Waals surface area contributed by atoms with Gasteiger partial charge in [-0.05, 0) is 20.0 Å². The minimum absolute atomic E-state index is 0.00657. The Labute approximate surface area is 85.2 Å². The second-order valence-corrected chi connectivity index (χ2v) is 3.08. The fourth-order valence-corrected chi connectivity index (χ4v) is 1.02. The fourth-order valence-electron chi connectivity index (χ4n) is 1.02. The molecule has 0 amide bonds. The summed E-state index contributed by atoms with van der Waals surface area (Å²) in [7, 11) is 0. The Balaban J connectivity index is 3.88. The van der Waals surface area contributed by atoms with Crippen LogP contribution in [0.4, 0.5) is 0 Å². The van der Waals surface area contributed by atoms with E-state index in [1.54, 1.807) is 11.8 Å². The lowest BCUT2D eigenvalue weighted by atomic mass is 10.4. The molecular weight excluding hydrogens is 182 g/mol. The van der Waals surface area contributed by atoms with E-state index in [1.165, 1.54) is 0 Å². The Morgan fingerprint density at radius 2 is 2.00 bits per heavy atom. The normalized spacial score (nSPS) is 12.6. The van der Waals surface area contributed by atoms with Crippen LogP contribution in [0.15, 0.2) is 12.2 Å². The number of ether oxygens (including phenoxy) is 1. The fraction of sp³-hybridized carbons (Fsp3) is 0.700. The summed E-state index contributed by atoms with van der Waals surface area (Å²) in [6.07, 6.45) is -0.728. The van der Waals surface area contributed by atoms with Crippen molar-refractivity contribution in [3.8, 4) is 0 Å². The van der Waals surface area contributed by atoms with Crippen molar-refractivity contribution in [1.82, 2.24) is 4.90 Å². The highest BCUT2D eigenvalue weighted by atomic mass is 16.5. The quantitative estimate of drug-likeness (QED) is 0.392. The van der Waals surface area contributed by atoms with E-state index in [0.29, 0.717) is 5.57 Å². The van der Waals surface area contributed by atoms with E-state index in [0.717, 1.165) is 13.1 Å². The topological polar surface area (TPSA) is 49.8 Å². The third-order valence-electron chi connectivity index (χ3n) is 1.95. The van der Waals surface area contributed by atoms with Crippen LogP contribution in [0, 0.1) is 0 Å². The second-order valence-electron chi connectivity index (χ2n) is 3.08. The van der Waals surface area contributed by atoms with Gasteiger partial charge in [-0.1, -0.05) is 20.4 Å². The van der Waals surface area contributed by atoms with Crippen molar-refractivity contribution in [3.63, 3.8) is 0 Å². The van der Waals surface area contributed by atoms with Gasteiger partial charge < -0.3 is 9.84 Å². The van der Waals surface area contributed by atoms with Crippen LogP contribution in [0.1, 0.15) is 20.8 Å². The lowest BCUT2D eigenvalue weighted by molar-refractivity contribution is -0.146. The van der Waals surface area contributed by atoms with E-state index in [-0.39, 0.29) is 6.61 Å². The molecule has 0 aromatic heterocycles. The molecule has 4 nitrogen and oxygen atoms in total. The molecule has 0 radical (unpaired) electrons. The number of carbonyl (C=O) groups excluding carboxylic acids is 1. The van der Waals surface area contributed by atoms with E-state index in [9.17, 15) is 9.90 Å². The molecule has 0 bridgehead atoms. The van der Waals surface area contributed by atoms with Crippen LogP contribution in [-0.4, -0.2) is 41.9 Å². The summed E-state index contributed by atoms with van der Waals surface area (Å²) in [5.41, 5.74) is 0.344. The largest absolute Gasteiger partial charge is 0.458 e. The van der Waals surface area contributed by atoms with Gasteiger partial charge in [-0.25, -0.2) is 4.79 Å². The van der Waals surface area contributed by atoms with Crippen LogP contribution < -0.4 is 0 Å². The zero-order chi connectivity index (χ0) is 11.1. The third kappa shape index (κ3) is 4.39. The Kier molecular flexibility index (Phi) is 6.16. The molecule has 0 fully saturated rings. The van der Waals surface area contributed by atoms with Crippen molar-refractivity contribution >= 4 is 5.97 Å². The molecule has 0 aliphatic rings. The number of likely N-dealkylation sites (N-methyl/N-ethyl adjacent to an activating group) is 1. The molecule has 0 spiro atoms. The first kappa shape index (κ1) is 13.1. The van der Waals surface area contributed by atoms with Gasteiger partial charge in [0.05, 0.1) is 0 Å². The Morgan fingerprint density at radius 1 is 1.50 bits per heavy atom. The molecule has 0 saturated heterocycles. The van der Waals surface area contributed by atoms with Crippen LogP contribution in [0.2, 0.25) is 0 Å². The summed E-state index contributed by atoms with van der Waals surface area (Å²) >= 11 is 0. The zero-order valence-corrected chi connectivity index (χ0v) is 9.12. The minimum atomic E-state index is -0.728. The SMILES string of the molecule is C=C(C)C(=O)OCC(O)N(CC)CC. The average molecular weight is 201 g/mol. The van der Waals surface area contributed by atoms with Crippen LogP contribution in [0.5, 0.6) is 0 Å². The number of rotatable bonds is 6. The summed E-state index contributed by atoms with van der Waals surface area (Å²) in [6, 6.07) is 0. The number of aliphatic hydroxyl groups is 1. The van der Waals surface area contributed by atoms with Crippen molar-refractivity contribution in [3.05, 3.63) is 12.2 Å². The predicted octanol–water partition coefficient (Wildman–Crippen LogP) is 0.766. The van der Waals surface area contributed by atoms with E-state index in [1.807, 2.05) is 13.8 Å². The lowest BCUT2D eigenvalue weighted by Crippen LogP contribution is -2.38. The molecule has 0 aliphatic heterocycles. The molecule has 1 unspecified atom stereocenters. The number of nitrogens with zero attached hydrogens (tertiary/aromatic N) is 1. The molecule has 0 saturated carbocycles. The molecule has 1 N–H and O–H groups in total. The first-order chi connectivity index (χ1) is 6.52. The van der Waals surface area contributed by atoms with Gasteiger partial charge in [-0.15, -0.1) is 0 Å². The first-order valence-corrected chi connectivity index (χ1v) is 4.77. The van der Waals surface area contributed by atoms with Crippen molar-refractivity contribution in [1.29, 1.82) is 0 Å². The summed E-state index contributed by atoms with van der Waals surface area (Å²) < 4.78 is 4.82. The Bertz CT molecular complexity index is 200. The first-order valence-electron chi connectivity index (χ1n) is 4.77. The maximum atomic E-state index is 11.0. The molecule has 0 aliphatic carbocycles. The number of hydrogen-bond donors (Lipinski definition) is 1. The molecule has 4 heteroatoms. The van der Waals surface area contributed by atoms with Crippen molar-refractivity contribution in [2.45, 2.75) is 27.0 Å². The third-order valence-corrected chi connectivity index (χ3v) is 1.95. The molecule has 1 atom stereocenters. The number of hydrogen-bond acceptors (Lipinski definition) is 4. The minimum Gasteiger partial charge on any atom is -0.458 e. The number of aliphatic hydroxyl groups excluding tert-OH is 1. The van der Waals surface area contributed by atoms with E-state index >= 15 is 0 Å². The summed E-state index contributed by atoms with van der Waals surface area (Å²) in [5, 5.41) is 9.56. The summed E-state index contributed by atoms with van der Waals surface area (Å²) in [4.78, 5) is 12.8. The average Bonchev–Trinajstić information content (AvgIpc) is 2.15. The number of carbonyl (C=O) groups is 1. The predicted molar refractivity (Wildman–Crippen MR) is 54.7 cm³/mol. The van der Waals surface area contributed by atoms with Crippen LogP contribution >= 0.6 is 0 Å². The molecule has 0 aromatic carbocycles. The van der Waals surface area contributed by atoms with Gasteiger partial charge in [0.25, 0.3) is 0 Å². The standard InChI is InChI=1S/C10H19NO3/c1-5-11(6-2)9(12)7-14-10(13)8(3)4/h9,12H,3,5-7H2,1-2,4H3. The molecule has 0 heterocycles. The highest BCUT2D eigenvalue weighted by molar-refractivity contribution is 5.86. The van der Waals surface area contributed by atoms with Gasteiger partial charge in [0.15, 0.2) is 0 Å². The molecule has 82 valence electrons. The molecule has 14 heavy (non-hydrogen) atoms.